The van der Waals surface area contributed by atoms with E-state index in [2.05, 4.69) is 30.2 Å². The van der Waals surface area contributed by atoms with Gasteiger partial charge in [-0.2, -0.15) is 26.3 Å². The summed E-state index contributed by atoms with van der Waals surface area (Å²) in [5.41, 5.74) is 1.89. The number of piperidine rings is 1. The highest BCUT2D eigenvalue weighted by Crippen LogP contribution is 2.40. The largest absolute Gasteiger partial charge is 0.490 e. The van der Waals surface area contributed by atoms with Crippen LogP contribution in [0.1, 0.15) is 31.7 Å². The number of anilines is 1. The molecular weight excluding hydrogens is 478 g/mol. The molecule has 2 aromatic rings. The van der Waals surface area contributed by atoms with Crippen LogP contribution in [0.4, 0.5) is 32.2 Å². The maximum atomic E-state index is 10.6. The first-order valence-corrected chi connectivity index (χ1v) is 10.0. The van der Waals surface area contributed by atoms with E-state index in [-0.39, 0.29) is 0 Å². The molecule has 0 unspecified atom stereocenters. The van der Waals surface area contributed by atoms with Crippen LogP contribution in [0.5, 0.6) is 0 Å². The Morgan fingerprint density at radius 2 is 1.59 bits per heavy atom. The number of aromatic nitrogens is 4. The SMILES string of the molecule is O=C(O)C(F)(F)F.O=C(O)C(F)(F)F.c1nc(NC2CC2)c2ncn([C@H]3C[C@@H]4CN[C@H]3C4)c2n1. The van der Waals surface area contributed by atoms with Crippen LogP contribution in [0.2, 0.25) is 0 Å². The van der Waals surface area contributed by atoms with Gasteiger partial charge in [0, 0.05) is 12.1 Å². The lowest BCUT2D eigenvalue weighted by Gasteiger charge is -2.24. The molecule has 2 saturated carbocycles. The molecule has 0 aromatic carbocycles. The van der Waals surface area contributed by atoms with Gasteiger partial charge in [0.1, 0.15) is 11.8 Å². The zero-order chi connectivity index (χ0) is 25.3. The molecule has 0 spiro atoms. The van der Waals surface area contributed by atoms with E-state index in [1.165, 1.54) is 32.2 Å². The number of imidazole rings is 1. The number of hydrogen-bond donors (Lipinski definition) is 4. The van der Waals surface area contributed by atoms with Crippen molar-refractivity contribution in [2.45, 2.75) is 56.2 Å². The first-order valence-electron chi connectivity index (χ1n) is 10.0. The Morgan fingerprint density at radius 1 is 1.00 bits per heavy atom. The second-order valence-corrected chi connectivity index (χ2v) is 7.99. The summed E-state index contributed by atoms with van der Waals surface area (Å²) in [5.74, 6) is -3.79. The monoisotopic (exact) mass is 498 g/mol. The summed E-state index contributed by atoms with van der Waals surface area (Å²) in [4.78, 5) is 31.2. The fourth-order valence-corrected chi connectivity index (χ4v) is 3.75. The van der Waals surface area contributed by atoms with Crippen LogP contribution in [0, 0.1) is 5.92 Å². The first-order chi connectivity index (χ1) is 15.8. The quantitative estimate of drug-likeness (QED) is 0.470. The van der Waals surface area contributed by atoms with Crippen molar-refractivity contribution in [2.75, 3.05) is 11.9 Å². The number of nitrogens with one attached hydrogen (secondary N) is 2. The van der Waals surface area contributed by atoms with Crippen molar-refractivity contribution in [2.24, 2.45) is 5.92 Å². The molecule has 2 aromatic heterocycles. The number of carboxylic acids is 2. The number of alkyl halides is 6. The van der Waals surface area contributed by atoms with Gasteiger partial charge in [-0.15, -0.1) is 0 Å². The minimum absolute atomic E-state index is 0.502. The van der Waals surface area contributed by atoms with Crippen molar-refractivity contribution >= 4 is 28.9 Å². The second-order valence-electron chi connectivity index (χ2n) is 7.99. The van der Waals surface area contributed by atoms with E-state index in [0.29, 0.717) is 18.1 Å². The van der Waals surface area contributed by atoms with Crippen molar-refractivity contribution in [1.82, 2.24) is 24.8 Å². The van der Waals surface area contributed by atoms with Gasteiger partial charge in [-0.1, -0.05) is 0 Å². The van der Waals surface area contributed by atoms with Crippen LogP contribution in [-0.4, -0.2) is 72.7 Å². The molecular formula is C18H20F6N6O4. The van der Waals surface area contributed by atoms with Crippen molar-refractivity contribution in [3.05, 3.63) is 12.7 Å². The maximum Gasteiger partial charge on any atom is 0.490 e. The Morgan fingerprint density at radius 3 is 2.03 bits per heavy atom. The topological polar surface area (TPSA) is 142 Å². The number of rotatable bonds is 3. The average molecular weight is 498 g/mol. The number of nitrogens with zero attached hydrogens (tertiary/aromatic N) is 4. The Kier molecular flexibility index (Phi) is 7.18. The van der Waals surface area contributed by atoms with E-state index in [1.807, 2.05) is 6.33 Å². The summed E-state index contributed by atoms with van der Waals surface area (Å²) in [6.45, 7) is 1.18. The fraction of sp³-hybridized carbons (Fsp3) is 0.611. The van der Waals surface area contributed by atoms with Crippen LogP contribution in [0.15, 0.2) is 12.7 Å². The molecule has 34 heavy (non-hydrogen) atoms. The van der Waals surface area contributed by atoms with Gasteiger partial charge in [-0.05, 0) is 38.1 Å². The fourth-order valence-electron chi connectivity index (χ4n) is 3.75. The first kappa shape index (κ1) is 25.5. The molecule has 16 heteroatoms. The molecule has 1 aliphatic heterocycles. The minimum atomic E-state index is -5.08. The normalized spacial score (nSPS) is 23.5. The Hall–Kier alpha value is -3.17. The summed E-state index contributed by atoms with van der Waals surface area (Å²) in [5, 5.41) is 21.3. The molecule has 5 rings (SSSR count). The number of carboxylic acid groups (broad SMARTS) is 2. The molecule has 3 fully saturated rings. The third-order valence-corrected chi connectivity index (χ3v) is 5.41. The summed E-state index contributed by atoms with van der Waals surface area (Å²) in [6.07, 6.45) is -1.54. The molecule has 2 bridgehead atoms. The summed E-state index contributed by atoms with van der Waals surface area (Å²) in [7, 11) is 0. The molecule has 3 atom stereocenters. The highest BCUT2D eigenvalue weighted by Gasteiger charge is 2.41. The van der Waals surface area contributed by atoms with Gasteiger partial charge < -0.3 is 25.4 Å². The Bertz CT molecular complexity index is 1010. The standard InChI is InChI=1S/C14H18N6.2C2HF3O2/c1-2-9(1)19-13-12-14(17-6-16-13)20(7-18-12)11-4-8-3-10(11)15-5-8;2*3-2(4,5)1(6)7/h6-11,15H,1-5H2,(H,16,17,19);2*(H,6,7)/t8-,10+,11+;;/m1../s1. The van der Waals surface area contributed by atoms with Crippen LogP contribution in [0.25, 0.3) is 11.2 Å². The van der Waals surface area contributed by atoms with Crippen molar-refractivity contribution in [3.63, 3.8) is 0 Å². The lowest BCUT2D eigenvalue weighted by atomic mass is 10.1. The van der Waals surface area contributed by atoms with Crippen molar-refractivity contribution < 1.29 is 46.1 Å². The van der Waals surface area contributed by atoms with Gasteiger partial charge >= 0.3 is 24.3 Å². The number of hydrogen-bond acceptors (Lipinski definition) is 7. The van der Waals surface area contributed by atoms with Crippen LogP contribution in [0.3, 0.4) is 0 Å². The zero-order valence-electron chi connectivity index (χ0n) is 17.3. The summed E-state index contributed by atoms with van der Waals surface area (Å²) >= 11 is 0. The second kappa shape index (κ2) is 9.60. The molecule has 3 heterocycles. The number of halogens is 6. The van der Waals surface area contributed by atoms with Crippen molar-refractivity contribution in [1.29, 1.82) is 0 Å². The number of aliphatic carboxylic acids is 2. The van der Waals surface area contributed by atoms with Gasteiger partial charge in [-0.3, -0.25) is 0 Å². The third-order valence-electron chi connectivity index (χ3n) is 5.41. The molecule has 188 valence electrons. The summed E-state index contributed by atoms with van der Waals surface area (Å²) in [6, 6.07) is 1.68. The van der Waals surface area contributed by atoms with Gasteiger partial charge in [0.05, 0.1) is 12.4 Å². The average Bonchev–Trinajstić information content (AvgIpc) is 3.13. The van der Waals surface area contributed by atoms with Crippen molar-refractivity contribution in [3.8, 4) is 0 Å². The molecule has 0 amide bonds. The van der Waals surface area contributed by atoms with Crippen LogP contribution >= 0.6 is 0 Å². The predicted octanol–water partition coefficient (Wildman–Crippen LogP) is 2.59. The minimum Gasteiger partial charge on any atom is -0.475 e. The van der Waals surface area contributed by atoms with Crippen LogP contribution < -0.4 is 10.6 Å². The number of carbonyl (C=O) groups is 2. The van der Waals surface area contributed by atoms with Crippen LogP contribution in [-0.2, 0) is 9.59 Å². The highest BCUT2D eigenvalue weighted by molar-refractivity contribution is 5.83. The van der Waals surface area contributed by atoms with E-state index in [4.69, 9.17) is 19.8 Å². The zero-order valence-corrected chi connectivity index (χ0v) is 17.3. The molecule has 0 radical (unpaired) electrons. The molecule has 2 aliphatic carbocycles. The molecule has 3 aliphatic rings. The van der Waals surface area contributed by atoms with E-state index in [9.17, 15) is 26.3 Å². The smallest absolute Gasteiger partial charge is 0.475 e. The molecule has 4 N–H and O–H groups in total. The molecule has 10 nitrogen and oxygen atoms in total. The predicted molar refractivity (Wildman–Crippen MR) is 103 cm³/mol. The Labute approximate surface area is 187 Å². The third kappa shape index (κ3) is 6.24. The number of fused-ring (bicyclic) bond motifs is 3. The van der Waals surface area contributed by atoms with Gasteiger partial charge in [0.25, 0.3) is 0 Å². The van der Waals surface area contributed by atoms with E-state index >= 15 is 0 Å². The highest BCUT2D eigenvalue weighted by atomic mass is 19.4. The van der Waals surface area contributed by atoms with Gasteiger partial charge in [-0.25, -0.2) is 24.5 Å². The maximum absolute atomic E-state index is 10.6. The van der Waals surface area contributed by atoms with E-state index < -0.39 is 24.3 Å². The van der Waals surface area contributed by atoms with Gasteiger partial charge in [0.15, 0.2) is 11.5 Å². The van der Waals surface area contributed by atoms with E-state index in [0.717, 1.165) is 22.9 Å². The lowest BCUT2D eigenvalue weighted by molar-refractivity contribution is -0.193. The van der Waals surface area contributed by atoms with Gasteiger partial charge in [0.2, 0.25) is 0 Å². The molecule has 1 saturated heterocycles. The van der Waals surface area contributed by atoms with E-state index in [1.54, 1.807) is 6.33 Å². The Balaban J connectivity index is 0.000000194. The summed E-state index contributed by atoms with van der Waals surface area (Å²) < 4.78 is 65.7. The lowest BCUT2D eigenvalue weighted by Crippen LogP contribution is -2.34.